The molecule has 1 fully saturated rings. The second-order valence-electron chi connectivity index (χ2n) is 6.83. The van der Waals surface area contributed by atoms with Gasteiger partial charge in [0.05, 0.1) is 17.2 Å². The zero-order valence-electron chi connectivity index (χ0n) is 16.9. The average molecular weight is 495 g/mol. The Labute approximate surface area is 184 Å². The van der Waals surface area contributed by atoms with Crippen LogP contribution in [0.2, 0.25) is 0 Å². The third kappa shape index (κ3) is 5.64. The van der Waals surface area contributed by atoms with Crippen LogP contribution in [0.25, 0.3) is 0 Å². The minimum atomic E-state index is -4.90. The predicted molar refractivity (Wildman–Crippen MR) is 110 cm³/mol. The highest BCUT2D eigenvalue weighted by Crippen LogP contribution is 2.32. The quantitative estimate of drug-likeness (QED) is 0.602. The predicted octanol–water partition coefficient (Wildman–Crippen LogP) is 3.57. The van der Waals surface area contributed by atoms with Gasteiger partial charge in [-0.3, -0.25) is 4.72 Å². The molecule has 8 nitrogen and oxygen atoms in total. The van der Waals surface area contributed by atoms with Gasteiger partial charge in [-0.1, -0.05) is 0 Å². The monoisotopic (exact) mass is 494 g/mol. The van der Waals surface area contributed by atoms with E-state index in [9.17, 15) is 30.0 Å². The molecule has 0 spiro atoms. The maximum Gasteiger partial charge on any atom is 0.573 e. The minimum Gasteiger partial charge on any atom is -0.492 e. The van der Waals surface area contributed by atoms with E-state index < -0.39 is 32.2 Å². The van der Waals surface area contributed by atoms with Crippen molar-refractivity contribution in [3.63, 3.8) is 0 Å². The van der Waals surface area contributed by atoms with Crippen LogP contribution in [-0.2, 0) is 20.0 Å². The second-order valence-corrected chi connectivity index (χ2v) is 10.4. The number of hydrogen-bond donors (Lipinski definition) is 1. The van der Waals surface area contributed by atoms with Crippen molar-refractivity contribution < 1.29 is 39.5 Å². The Balaban J connectivity index is 1.89. The van der Waals surface area contributed by atoms with Gasteiger partial charge in [0.2, 0.25) is 10.0 Å². The first-order valence-corrected chi connectivity index (χ1v) is 12.5. The molecule has 0 bridgehead atoms. The molecule has 2 aromatic carbocycles. The minimum absolute atomic E-state index is 0.0400. The molecule has 1 aliphatic heterocycles. The summed E-state index contributed by atoms with van der Waals surface area (Å²) in [6.07, 6.45) is -3.45. The van der Waals surface area contributed by atoms with Crippen LogP contribution in [0.3, 0.4) is 0 Å². The van der Waals surface area contributed by atoms with Crippen LogP contribution in [0, 0.1) is 0 Å². The Morgan fingerprint density at radius 2 is 1.62 bits per heavy atom. The van der Waals surface area contributed by atoms with Crippen molar-refractivity contribution in [2.24, 2.45) is 0 Å². The molecular weight excluding hydrogens is 473 g/mol. The van der Waals surface area contributed by atoms with Crippen molar-refractivity contribution >= 4 is 25.7 Å². The van der Waals surface area contributed by atoms with Crippen LogP contribution in [0.4, 0.5) is 18.9 Å². The largest absolute Gasteiger partial charge is 0.573 e. The molecule has 0 unspecified atom stereocenters. The molecule has 0 saturated carbocycles. The summed E-state index contributed by atoms with van der Waals surface area (Å²) in [5.41, 5.74) is -0.0400. The van der Waals surface area contributed by atoms with Crippen molar-refractivity contribution in [1.29, 1.82) is 0 Å². The van der Waals surface area contributed by atoms with Gasteiger partial charge in [0.1, 0.15) is 16.4 Å². The summed E-state index contributed by atoms with van der Waals surface area (Å²) in [5.74, 6) is -0.479. The molecule has 1 saturated heterocycles. The highest BCUT2D eigenvalue weighted by molar-refractivity contribution is 7.92. The van der Waals surface area contributed by atoms with Gasteiger partial charge < -0.3 is 9.47 Å². The van der Waals surface area contributed by atoms with Gasteiger partial charge in [-0.15, -0.1) is 13.2 Å². The Morgan fingerprint density at radius 1 is 1.00 bits per heavy atom. The third-order valence-electron chi connectivity index (χ3n) is 4.55. The van der Waals surface area contributed by atoms with Crippen LogP contribution in [0.5, 0.6) is 11.5 Å². The fourth-order valence-electron chi connectivity index (χ4n) is 3.15. The number of nitrogens with zero attached hydrogens (tertiary/aromatic N) is 1. The van der Waals surface area contributed by atoms with Crippen molar-refractivity contribution in [3.05, 3.63) is 42.5 Å². The molecule has 3 rings (SSSR count). The van der Waals surface area contributed by atoms with Crippen molar-refractivity contribution in [2.75, 3.05) is 24.4 Å². The molecule has 2 aromatic rings. The maximum absolute atomic E-state index is 13.0. The fraction of sp³-hybridized carbons (Fsp3) is 0.368. The summed E-state index contributed by atoms with van der Waals surface area (Å²) in [7, 11) is -8.12. The summed E-state index contributed by atoms with van der Waals surface area (Å²) < 4.78 is 101. The van der Waals surface area contributed by atoms with Gasteiger partial charge in [-0.25, -0.2) is 16.8 Å². The third-order valence-corrected chi connectivity index (χ3v) is 7.86. The lowest BCUT2D eigenvalue weighted by Crippen LogP contribution is -2.28. The van der Waals surface area contributed by atoms with Crippen LogP contribution in [0.1, 0.15) is 19.8 Å². The van der Waals surface area contributed by atoms with E-state index in [1.54, 1.807) is 6.92 Å². The van der Waals surface area contributed by atoms with Crippen molar-refractivity contribution in [1.82, 2.24) is 4.31 Å². The molecule has 0 radical (unpaired) electrons. The first-order chi connectivity index (χ1) is 14.9. The first kappa shape index (κ1) is 24.1. The number of alkyl halides is 3. The molecule has 1 aliphatic rings. The lowest BCUT2D eigenvalue weighted by molar-refractivity contribution is -0.274. The van der Waals surface area contributed by atoms with E-state index in [1.807, 2.05) is 0 Å². The van der Waals surface area contributed by atoms with Gasteiger partial charge in [-0.2, -0.15) is 4.31 Å². The van der Waals surface area contributed by atoms with E-state index in [2.05, 4.69) is 9.46 Å². The molecule has 0 aromatic heterocycles. The smallest absolute Gasteiger partial charge is 0.492 e. The number of hydrogen-bond acceptors (Lipinski definition) is 6. The van der Waals surface area contributed by atoms with Crippen LogP contribution >= 0.6 is 0 Å². The summed E-state index contributed by atoms with van der Waals surface area (Å²) in [6, 6.07) is 7.47. The van der Waals surface area contributed by atoms with Crippen molar-refractivity contribution in [2.45, 2.75) is 35.9 Å². The van der Waals surface area contributed by atoms with Crippen molar-refractivity contribution in [3.8, 4) is 11.5 Å². The highest BCUT2D eigenvalue weighted by atomic mass is 32.2. The SMILES string of the molecule is CCOc1ccc(NS(=O)(=O)c2ccc(OC(F)(F)F)cc2)cc1S(=O)(=O)N1CCCC1. The van der Waals surface area contributed by atoms with Crippen LogP contribution < -0.4 is 14.2 Å². The molecule has 13 heteroatoms. The zero-order valence-corrected chi connectivity index (χ0v) is 18.6. The molecule has 0 atom stereocenters. The average Bonchev–Trinajstić information content (AvgIpc) is 3.24. The number of rotatable bonds is 8. The van der Waals surface area contributed by atoms with E-state index in [-0.39, 0.29) is 27.8 Å². The standard InChI is InChI=1S/C19H21F3N2O6S2/c1-2-29-17-10-5-14(13-18(17)32(27,28)24-11-3-4-12-24)23-31(25,26)16-8-6-15(7-9-16)30-19(20,21)22/h5-10,13,23H,2-4,11-12H2,1H3. The first-order valence-electron chi connectivity index (χ1n) is 9.58. The molecular formula is C19H21F3N2O6S2. The van der Waals surface area contributed by atoms with Gasteiger partial charge >= 0.3 is 6.36 Å². The Hall–Kier alpha value is -2.51. The molecule has 176 valence electrons. The summed E-state index contributed by atoms with van der Waals surface area (Å²) in [6.45, 7) is 2.61. The number of ether oxygens (including phenoxy) is 2. The van der Waals surface area contributed by atoms with E-state index in [0.717, 1.165) is 43.2 Å². The number of benzene rings is 2. The van der Waals surface area contributed by atoms with Crippen LogP contribution in [-0.4, -0.2) is 47.2 Å². The second kappa shape index (κ2) is 9.16. The summed E-state index contributed by atoms with van der Waals surface area (Å²) in [5, 5.41) is 0. The van der Waals surface area contributed by atoms with E-state index in [1.165, 1.54) is 16.4 Å². The number of anilines is 1. The summed E-state index contributed by atoms with van der Waals surface area (Å²) >= 11 is 0. The topological polar surface area (TPSA) is 102 Å². The number of sulfonamides is 2. The van der Waals surface area contributed by atoms with Gasteiger partial charge in [-0.05, 0) is 62.2 Å². The zero-order chi connectivity index (χ0) is 23.6. The lowest BCUT2D eigenvalue weighted by Gasteiger charge is -2.19. The van der Waals surface area contributed by atoms with E-state index in [4.69, 9.17) is 4.74 Å². The fourth-order valence-corrected chi connectivity index (χ4v) is 5.87. The highest BCUT2D eigenvalue weighted by Gasteiger charge is 2.32. The number of nitrogens with one attached hydrogen (secondary N) is 1. The summed E-state index contributed by atoms with van der Waals surface area (Å²) in [4.78, 5) is -0.500. The normalized spacial score (nSPS) is 15.5. The van der Waals surface area contributed by atoms with E-state index >= 15 is 0 Å². The Bertz CT molecular complexity index is 1160. The molecule has 0 aliphatic carbocycles. The molecule has 32 heavy (non-hydrogen) atoms. The molecule has 1 heterocycles. The number of halogens is 3. The van der Waals surface area contributed by atoms with E-state index in [0.29, 0.717) is 13.1 Å². The molecule has 0 amide bonds. The van der Waals surface area contributed by atoms with Gasteiger partial charge in [0, 0.05) is 13.1 Å². The Kier molecular flexibility index (Phi) is 6.91. The van der Waals surface area contributed by atoms with Crippen LogP contribution in [0.15, 0.2) is 52.3 Å². The Morgan fingerprint density at radius 3 is 2.19 bits per heavy atom. The molecule has 1 N–H and O–H groups in total. The maximum atomic E-state index is 13.0. The van der Waals surface area contributed by atoms with Gasteiger partial charge in [0.25, 0.3) is 10.0 Å². The van der Waals surface area contributed by atoms with Gasteiger partial charge in [0.15, 0.2) is 0 Å². The lowest BCUT2D eigenvalue weighted by atomic mass is 10.3.